The molecule has 0 aromatic carbocycles. The largest absolute Gasteiger partial charge is 0.394 e. The normalized spacial score (nSPS) is 18.4. The van der Waals surface area contributed by atoms with Gasteiger partial charge in [-0.2, -0.15) is 8.42 Å². The average Bonchev–Trinajstić information content (AvgIpc) is 2.64. The zero-order valence-electron chi connectivity index (χ0n) is 9.54. The van der Waals surface area contributed by atoms with Crippen molar-refractivity contribution in [3.8, 4) is 0 Å². The summed E-state index contributed by atoms with van der Waals surface area (Å²) in [6.45, 7) is 1.79. The van der Waals surface area contributed by atoms with E-state index in [1.54, 1.807) is 0 Å². The van der Waals surface area contributed by atoms with Gasteiger partial charge in [0, 0.05) is 12.6 Å². The molecular weight excluding hydrogens is 266 g/mol. The van der Waals surface area contributed by atoms with E-state index in [9.17, 15) is 4.79 Å². The molecule has 0 radical (unpaired) electrons. The van der Waals surface area contributed by atoms with Crippen LogP contribution in [0.25, 0.3) is 0 Å². The van der Waals surface area contributed by atoms with Crippen molar-refractivity contribution in [3.63, 3.8) is 0 Å². The summed E-state index contributed by atoms with van der Waals surface area (Å²) in [6, 6.07) is 0.224. The van der Waals surface area contributed by atoms with E-state index in [2.05, 4.69) is 15.6 Å². The number of aliphatic imine (C=N–C) groups is 1. The van der Waals surface area contributed by atoms with Gasteiger partial charge in [-0.25, -0.2) is 4.99 Å². The standard InChI is InChI=1S/C7H15N5O.H2O4S/c8-7(9)11-4-6(13)12-5-1-2-10-3-5;1-5(2,3)4/h5,10H,1-4H2,(H,12,13)(H4,8,9,11);(H2,1,2,3,4)/t5-;/m0./s1. The average molecular weight is 283 g/mol. The fourth-order valence-corrected chi connectivity index (χ4v) is 1.21. The summed E-state index contributed by atoms with van der Waals surface area (Å²) in [5, 5.41) is 5.96. The third-order valence-corrected chi connectivity index (χ3v) is 1.83. The van der Waals surface area contributed by atoms with E-state index >= 15 is 0 Å². The number of nitrogens with one attached hydrogen (secondary N) is 2. The molecule has 1 saturated heterocycles. The number of carbonyl (C=O) groups excluding carboxylic acids is 1. The van der Waals surface area contributed by atoms with Gasteiger partial charge in [-0.15, -0.1) is 0 Å². The number of rotatable bonds is 3. The Bertz CT molecular complexity index is 377. The lowest BCUT2D eigenvalue weighted by Crippen LogP contribution is -2.38. The number of nitrogens with zero attached hydrogens (tertiary/aromatic N) is 1. The molecule has 1 rings (SSSR count). The molecule has 0 aliphatic carbocycles. The summed E-state index contributed by atoms with van der Waals surface area (Å²) in [7, 11) is -4.67. The predicted molar refractivity (Wildman–Crippen MR) is 64.3 cm³/mol. The lowest BCUT2D eigenvalue weighted by atomic mass is 10.2. The minimum atomic E-state index is -4.67. The molecule has 1 aliphatic rings. The number of hydrogen-bond donors (Lipinski definition) is 6. The molecule has 1 heterocycles. The van der Waals surface area contributed by atoms with E-state index in [1.807, 2.05) is 0 Å². The van der Waals surface area contributed by atoms with Crippen molar-refractivity contribution in [1.82, 2.24) is 10.6 Å². The molecule has 0 saturated carbocycles. The van der Waals surface area contributed by atoms with Gasteiger partial charge in [0.25, 0.3) is 0 Å². The van der Waals surface area contributed by atoms with Crippen LogP contribution in [0.5, 0.6) is 0 Å². The van der Waals surface area contributed by atoms with E-state index in [1.165, 1.54) is 0 Å². The van der Waals surface area contributed by atoms with Crippen LogP contribution >= 0.6 is 0 Å². The van der Waals surface area contributed by atoms with E-state index in [0.29, 0.717) is 0 Å². The molecule has 8 N–H and O–H groups in total. The maximum absolute atomic E-state index is 11.1. The molecule has 1 aliphatic heterocycles. The van der Waals surface area contributed by atoms with Crippen LogP contribution in [0.2, 0.25) is 0 Å². The second-order valence-electron chi connectivity index (χ2n) is 3.45. The van der Waals surface area contributed by atoms with Crippen molar-refractivity contribution in [2.45, 2.75) is 12.5 Å². The molecule has 18 heavy (non-hydrogen) atoms. The third-order valence-electron chi connectivity index (χ3n) is 1.83. The van der Waals surface area contributed by atoms with Crippen molar-refractivity contribution in [2.24, 2.45) is 16.5 Å². The SMILES string of the molecule is NC(N)=NCC(=O)N[C@H]1CCNC1.O=S(=O)(O)O. The van der Waals surface area contributed by atoms with Crippen molar-refractivity contribution in [2.75, 3.05) is 19.6 Å². The van der Waals surface area contributed by atoms with E-state index in [0.717, 1.165) is 19.5 Å². The van der Waals surface area contributed by atoms with E-state index in [4.69, 9.17) is 29.0 Å². The molecule has 10 nitrogen and oxygen atoms in total. The topological polar surface area (TPSA) is 180 Å². The Morgan fingerprint density at radius 2 is 2.00 bits per heavy atom. The Labute approximate surface area is 104 Å². The van der Waals surface area contributed by atoms with Crippen LogP contribution in [0.3, 0.4) is 0 Å². The predicted octanol–water partition coefficient (Wildman–Crippen LogP) is -2.91. The van der Waals surface area contributed by atoms with Crippen LogP contribution in [0.1, 0.15) is 6.42 Å². The number of carbonyl (C=O) groups is 1. The Kier molecular flexibility index (Phi) is 7.19. The van der Waals surface area contributed by atoms with Crippen LogP contribution in [0, 0.1) is 0 Å². The van der Waals surface area contributed by atoms with Crippen LogP contribution in [-0.2, 0) is 15.2 Å². The summed E-state index contributed by atoms with van der Waals surface area (Å²) in [6.07, 6.45) is 0.966. The number of hydrogen-bond acceptors (Lipinski definition) is 5. The summed E-state index contributed by atoms with van der Waals surface area (Å²) in [5.74, 6) is -0.193. The summed E-state index contributed by atoms with van der Waals surface area (Å²) in [4.78, 5) is 14.8. The zero-order chi connectivity index (χ0) is 14.2. The third kappa shape index (κ3) is 12.6. The number of amides is 1. The number of guanidine groups is 1. The van der Waals surface area contributed by atoms with Crippen molar-refractivity contribution < 1.29 is 22.3 Å². The van der Waals surface area contributed by atoms with E-state index < -0.39 is 10.4 Å². The molecule has 0 aromatic rings. The monoisotopic (exact) mass is 283 g/mol. The van der Waals surface area contributed by atoms with Gasteiger partial charge in [-0.3, -0.25) is 13.9 Å². The molecule has 106 valence electrons. The fraction of sp³-hybridized carbons (Fsp3) is 0.714. The maximum atomic E-state index is 11.1. The van der Waals surface area contributed by atoms with Crippen molar-refractivity contribution >= 4 is 22.3 Å². The molecule has 1 fully saturated rings. The molecule has 0 aromatic heterocycles. The van der Waals surface area contributed by atoms with Crippen LogP contribution in [0.4, 0.5) is 0 Å². The zero-order valence-corrected chi connectivity index (χ0v) is 10.4. The van der Waals surface area contributed by atoms with Crippen LogP contribution in [0.15, 0.2) is 4.99 Å². The van der Waals surface area contributed by atoms with Crippen LogP contribution in [-0.4, -0.2) is 55.1 Å². The van der Waals surface area contributed by atoms with Crippen molar-refractivity contribution in [3.05, 3.63) is 0 Å². The minimum Gasteiger partial charge on any atom is -0.370 e. The van der Waals surface area contributed by atoms with Gasteiger partial charge in [0.15, 0.2) is 5.96 Å². The number of nitrogens with two attached hydrogens (primary N) is 2. The second kappa shape index (κ2) is 7.81. The van der Waals surface area contributed by atoms with E-state index in [-0.39, 0.29) is 24.5 Å². The summed E-state index contributed by atoms with van der Waals surface area (Å²) >= 11 is 0. The highest BCUT2D eigenvalue weighted by Gasteiger charge is 2.15. The highest BCUT2D eigenvalue weighted by molar-refractivity contribution is 7.79. The molecule has 11 heteroatoms. The Hall–Kier alpha value is -1.43. The first-order chi connectivity index (χ1) is 8.18. The first-order valence-electron chi connectivity index (χ1n) is 4.94. The van der Waals surface area contributed by atoms with Gasteiger partial charge in [0.2, 0.25) is 5.91 Å². The molecule has 0 spiro atoms. The molecule has 0 unspecified atom stereocenters. The summed E-state index contributed by atoms with van der Waals surface area (Å²) in [5.41, 5.74) is 10.2. The van der Waals surface area contributed by atoms with Gasteiger partial charge in [-0.05, 0) is 13.0 Å². The highest BCUT2D eigenvalue weighted by atomic mass is 32.3. The second-order valence-corrected chi connectivity index (χ2v) is 4.34. The molecule has 1 amide bonds. The summed E-state index contributed by atoms with van der Waals surface area (Å²) < 4.78 is 31.6. The first-order valence-corrected chi connectivity index (χ1v) is 6.33. The maximum Gasteiger partial charge on any atom is 0.394 e. The lowest BCUT2D eigenvalue weighted by Gasteiger charge is -2.09. The quantitative estimate of drug-likeness (QED) is 0.181. The van der Waals surface area contributed by atoms with Gasteiger partial charge in [-0.1, -0.05) is 0 Å². The lowest BCUT2D eigenvalue weighted by molar-refractivity contribution is -0.120. The molecule has 1 atom stereocenters. The Morgan fingerprint density at radius 1 is 1.44 bits per heavy atom. The first kappa shape index (κ1) is 16.6. The van der Waals surface area contributed by atoms with Crippen molar-refractivity contribution in [1.29, 1.82) is 0 Å². The molecular formula is C7H17N5O5S. The highest BCUT2D eigenvalue weighted by Crippen LogP contribution is 1.96. The van der Waals surface area contributed by atoms with Crippen LogP contribution < -0.4 is 22.1 Å². The molecule has 0 bridgehead atoms. The Morgan fingerprint density at radius 3 is 2.39 bits per heavy atom. The van der Waals surface area contributed by atoms with Gasteiger partial charge in [0.1, 0.15) is 6.54 Å². The minimum absolute atomic E-state index is 0.0127. The van der Waals surface area contributed by atoms with Gasteiger partial charge in [0.05, 0.1) is 0 Å². The fourth-order valence-electron chi connectivity index (χ4n) is 1.21. The van der Waals surface area contributed by atoms with Gasteiger partial charge < -0.3 is 22.1 Å². The Balaban J connectivity index is 0.000000494. The smallest absolute Gasteiger partial charge is 0.370 e. The van der Waals surface area contributed by atoms with Gasteiger partial charge >= 0.3 is 10.4 Å².